The Labute approximate surface area is 262 Å². The number of allylic oxidation sites excluding steroid dienone is 4. The number of H-pyrrole nitrogens is 2. The van der Waals surface area contributed by atoms with Crippen molar-refractivity contribution in [3.8, 4) is 0 Å². The van der Waals surface area contributed by atoms with Crippen LogP contribution in [0.5, 0.6) is 0 Å². The third-order valence-electron chi connectivity index (χ3n) is 8.97. The molecule has 5 heteroatoms. The number of nitrogens with one attached hydrogen (secondary N) is 2. The second-order valence-corrected chi connectivity index (χ2v) is 10.9. The Balaban J connectivity index is 0.00000387. The molecule has 0 unspecified atom stereocenters. The molecule has 5 rings (SSSR count). The molecule has 0 saturated heterocycles. The average molecular weight is 559 g/mol. The van der Waals surface area contributed by atoms with Gasteiger partial charge in [-0.3, -0.25) is 0 Å². The molecule has 0 atom stereocenters. The molecule has 41 heavy (non-hydrogen) atoms. The topological polar surface area (TPSA) is 56.5 Å². The molecule has 0 radical (unpaired) electrons. The SMILES string of the molecule is CCC1=C(CC)c2cc3[n-]c(cc4[nH+]c(cc5[n-]c(cc1[nH+]2)c(CC)c5CC)C(CC)=C4CC)c(CC)c3CC.[Mg+2]. The molecule has 0 saturated carbocycles. The van der Waals surface area contributed by atoms with Gasteiger partial charge < -0.3 is 9.97 Å². The molecule has 8 bridgehead atoms. The van der Waals surface area contributed by atoms with Crippen LogP contribution in [0.25, 0.3) is 44.4 Å². The molecule has 2 N–H and O–H groups in total. The molecular formula is C36H46MgN4+2. The minimum atomic E-state index is 0. The zero-order valence-corrected chi connectivity index (χ0v) is 28.0. The molecule has 0 fully saturated rings. The minimum absolute atomic E-state index is 0. The van der Waals surface area contributed by atoms with Gasteiger partial charge in [-0.2, -0.15) is 0 Å². The van der Waals surface area contributed by atoms with Crippen LogP contribution >= 0.6 is 0 Å². The first-order valence-corrected chi connectivity index (χ1v) is 15.7. The summed E-state index contributed by atoms with van der Waals surface area (Å²) in [7, 11) is 0. The van der Waals surface area contributed by atoms with Gasteiger partial charge in [0, 0.05) is 22.3 Å². The van der Waals surface area contributed by atoms with Crippen molar-refractivity contribution in [2.45, 2.75) is 107 Å². The third-order valence-corrected chi connectivity index (χ3v) is 8.97. The molecule has 0 aliphatic carbocycles. The summed E-state index contributed by atoms with van der Waals surface area (Å²) in [5, 5.41) is 0. The summed E-state index contributed by atoms with van der Waals surface area (Å²) in [5.74, 6) is 0. The van der Waals surface area contributed by atoms with Gasteiger partial charge in [-0.15, -0.1) is 22.1 Å². The fourth-order valence-corrected chi connectivity index (χ4v) is 7.10. The van der Waals surface area contributed by atoms with E-state index in [0.717, 1.165) is 73.4 Å². The number of aromatic amines is 2. The van der Waals surface area contributed by atoms with E-state index < -0.39 is 0 Å². The van der Waals surface area contributed by atoms with Gasteiger partial charge in [-0.1, -0.05) is 77.6 Å². The van der Waals surface area contributed by atoms with E-state index in [1.54, 1.807) is 0 Å². The smallest absolute Gasteiger partial charge is 0.657 e. The zero-order valence-electron chi connectivity index (χ0n) is 26.6. The average Bonchev–Trinajstić information content (AvgIpc) is 3.67. The van der Waals surface area contributed by atoms with Gasteiger partial charge in [0.25, 0.3) is 0 Å². The zero-order chi connectivity index (χ0) is 28.6. The van der Waals surface area contributed by atoms with Crippen molar-refractivity contribution in [1.29, 1.82) is 0 Å². The molecule has 0 aromatic carbocycles. The molecule has 4 nitrogen and oxygen atoms in total. The Bertz CT molecular complexity index is 1440. The van der Waals surface area contributed by atoms with Gasteiger partial charge in [0.1, 0.15) is 0 Å². The van der Waals surface area contributed by atoms with Gasteiger partial charge in [-0.25, -0.2) is 9.97 Å². The van der Waals surface area contributed by atoms with Crippen molar-refractivity contribution >= 4 is 67.4 Å². The van der Waals surface area contributed by atoms with E-state index in [1.165, 1.54) is 67.3 Å². The van der Waals surface area contributed by atoms with E-state index in [0.29, 0.717) is 0 Å². The van der Waals surface area contributed by atoms with E-state index >= 15 is 0 Å². The van der Waals surface area contributed by atoms with Crippen LogP contribution in [-0.4, -0.2) is 23.1 Å². The summed E-state index contributed by atoms with van der Waals surface area (Å²) in [6.45, 7) is 18.1. The van der Waals surface area contributed by atoms with Crippen molar-refractivity contribution in [3.63, 3.8) is 0 Å². The van der Waals surface area contributed by atoms with Crippen molar-refractivity contribution in [1.82, 2.24) is 9.97 Å². The summed E-state index contributed by atoms with van der Waals surface area (Å²) < 4.78 is 0. The van der Waals surface area contributed by atoms with Crippen molar-refractivity contribution < 1.29 is 9.97 Å². The van der Waals surface area contributed by atoms with Gasteiger partial charge in [0.15, 0.2) is 0 Å². The molecule has 0 amide bonds. The molecule has 210 valence electrons. The van der Waals surface area contributed by atoms with Crippen LogP contribution in [-0.2, 0) is 25.7 Å². The Morgan fingerprint density at radius 3 is 0.780 bits per heavy atom. The van der Waals surface area contributed by atoms with Crippen molar-refractivity contribution in [2.24, 2.45) is 0 Å². The summed E-state index contributed by atoms with van der Waals surface area (Å²) in [5.41, 5.74) is 20.2. The number of hydrogen-bond acceptors (Lipinski definition) is 0. The second kappa shape index (κ2) is 13.1. The molecule has 0 spiro atoms. The maximum Gasteiger partial charge on any atom is 2.00 e. The Hall–Kier alpha value is -2.63. The minimum Gasteiger partial charge on any atom is -0.657 e. The molecule has 5 heterocycles. The van der Waals surface area contributed by atoms with Gasteiger partial charge in [-0.05, 0) is 75.6 Å². The van der Waals surface area contributed by atoms with E-state index in [4.69, 9.17) is 9.97 Å². The van der Waals surface area contributed by atoms with Gasteiger partial charge in [0.2, 0.25) is 22.8 Å². The van der Waals surface area contributed by atoms with E-state index in [9.17, 15) is 0 Å². The number of aromatic nitrogens is 4. The number of rotatable bonds is 8. The number of aryl methyl sites for hydroxylation is 4. The molecule has 3 aromatic rings. The van der Waals surface area contributed by atoms with E-state index in [1.807, 2.05) is 0 Å². The summed E-state index contributed by atoms with van der Waals surface area (Å²) >= 11 is 0. The van der Waals surface area contributed by atoms with Gasteiger partial charge in [0.05, 0.1) is 0 Å². The Kier molecular flexibility index (Phi) is 10.0. The van der Waals surface area contributed by atoms with Crippen LogP contribution in [0.4, 0.5) is 0 Å². The largest absolute Gasteiger partial charge is 2.00 e. The van der Waals surface area contributed by atoms with Crippen LogP contribution in [0.15, 0.2) is 24.3 Å². The standard InChI is InChI=1S/C36H44N4.Mg/c1-9-21-22(10-2)30-18-32-25(13-5)26(14-6)34(39-32)20-36-28(16-8)27(15-7)35(40-36)19-33-24(12-4)23(11-3)31(38-33)17-29(21)37-30;/h17-20H,9-16H2,1-8H3;/q-2;+2/p+2. The van der Waals surface area contributed by atoms with Crippen LogP contribution in [0.3, 0.4) is 0 Å². The van der Waals surface area contributed by atoms with Crippen LogP contribution in [0, 0.1) is 0 Å². The maximum atomic E-state index is 5.29. The second-order valence-electron chi connectivity index (χ2n) is 10.9. The first kappa shape index (κ1) is 31.3. The monoisotopic (exact) mass is 558 g/mol. The summed E-state index contributed by atoms with van der Waals surface area (Å²) in [6, 6.07) is 9.24. The molecule has 3 aromatic heterocycles. The van der Waals surface area contributed by atoms with Crippen LogP contribution < -0.4 is 19.9 Å². The summed E-state index contributed by atoms with van der Waals surface area (Å²) in [6.07, 6.45) is 7.84. The number of hydrogen-bond donors (Lipinski definition) is 0. The molecular weight excluding hydrogens is 513 g/mol. The first-order chi connectivity index (χ1) is 19.5. The quantitative estimate of drug-likeness (QED) is 0.265. The predicted molar refractivity (Wildman–Crippen MR) is 175 cm³/mol. The van der Waals surface area contributed by atoms with E-state index in [2.05, 4.69) is 89.6 Å². The fraction of sp³-hybridized carbons (Fsp3) is 0.444. The predicted octanol–water partition coefficient (Wildman–Crippen LogP) is 7.74. The van der Waals surface area contributed by atoms with Crippen molar-refractivity contribution in [2.75, 3.05) is 0 Å². The van der Waals surface area contributed by atoms with Crippen LogP contribution in [0.2, 0.25) is 0 Å². The number of nitrogens with zero attached hydrogens (tertiary/aromatic N) is 2. The normalized spacial score (nSPS) is 13.3. The maximum absolute atomic E-state index is 5.29. The third kappa shape index (κ3) is 5.36. The molecule has 2 aliphatic rings. The summed E-state index contributed by atoms with van der Waals surface area (Å²) in [4.78, 5) is 18.2. The van der Waals surface area contributed by atoms with Crippen LogP contribution in [0.1, 0.15) is 126 Å². The Morgan fingerprint density at radius 2 is 0.610 bits per heavy atom. The van der Waals surface area contributed by atoms with Crippen molar-refractivity contribution in [3.05, 3.63) is 69.3 Å². The van der Waals surface area contributed by atoms with Gasteiger partial charge >= 0.3 is 23.1 Å². The Morgan fingerprint density at radius 1 is 0.390 bits per heavy atom. The molecule has 2 aliphatic heterocycles. The number of fused-ring (bicyclic) bond motifs is 8. The first-order valence-electron chi connectivity index (χ1n) is 15.7. The fourth-order valence-electron chi connectivity index (χ4n) is 7.10. The van der Waals surface area contributed by atoms with E-state index in [-0.39, 0.29) is 23.1 Å².